The molecule has 0 saturated heterocycles. The first kappa shape index (κ1) is 83.1. The normalized spacial score (nSPS) is 14.2. The van der Waals surface area contributed by atoms with Crippen molar-refractivity contribution in [3.05, 3.63) is 0 Å². The molecule has 0 rings (SSSR count). The van der Waals surface area contributed by atoms with E-state index in [1.165, 1.54) is 135 Å². The fourth-order valence-electron chi connectivity index (χ4n) is 9.88. The van der Waals surface area contributed by atoms with E-state index in [4.69, 9.17) is 37.0 Å². The number of aliphatic hydroxyl groups is 1. The average Bonchev–Trinajstić information content (AvgIpc) is 3.47. The summed E-state index contributed by atoms with van der Waals surface area (Å²) in [7, 11) is -9.89. The number of phosphoric acid groups is 2. The van der Waals surface area contributed by atoms with Gasteiger partial charge in [-0.3, -0.25) is 37.3 Å². The second kappa shape index (κ2) is 58.4. The maximum absolute atomic E-state index is 13.0. The molecule has 5 atom stereocenters. The maximum Gasteiger partial charge on any atom is 0.472 e. The van der Waals surface area contributed by atoms with Gasteiger partial charge in [0.1, 0.15) is 19.3 Å². The summed E-state index contributed by atoms with van der Waals surface area (Å²) in [5.74, 6) is -0.633. The molecule has 0 spiro atoms. The largest absolute Gasteiger partial charge is 0.472 e. The summed E-state index contributed by atoms with van der Waals surface area (Å²) in [6, 6.07) is 0. The molecular weight excluding hydrogens is 1130 g/mol. The molecule has 0 aliphatic rings. The van der Waals surface area contributed by atoms with Crippen LogP contribution in [-0.4, -0.2) is 96.7 Å². The van der Waals surface area contributed by atoms with E-state index in [1.54, 1.807) is 0 Å². The summed E-state index contributed by atoms with van der Waals surface area (Å²) in [4.78, 5) is 72.2. The van der Waals surface area contributed by atoms with Gasteiger partial charge < -0.3 is 33.8 Å². The number of carbonyl (C=O) groups excluding carboxylic acids is 4. The Balaban J connectivity index is 5.19. The van der Waals surface area contributed by atoms with Gasteiger partial charge >= 0.3 is 39.5 Å². The summed E-state index contributed by atoms with van der Waals surface area (Å²) in [6.07, 6.45) is 41.8. The minimum atomic E-state index is -4.95. The van der Waals surface area contributed by atoms with Gasteiger partial charge in [-0.05, 0) is 37.5 Å². The van der Waals surface area contributed by atoms with Gasteiger partial charge in [0.25, 0.3) is 0 Å². The van der Waals surface area contributed by atoms with Gasteiger partial charge in [-0.15, -0.1) is 0 Å². The molecule has 17 nitrogen and oxygen atoms in total. The molecule has 3 N–H and O–H groups in total. The number of hydrogen-bond donors (Lipinski definition) is 3. The van der Waals surface area contributed by atoms with Crippen molar-refractivity contribution in [3.8, 4) is 0 Å². The van der Waals surface area contributed by atoms with Crippen LogP contribution in [0.1, 0.15) is 330 Å². The lowest BCUT2D eigenvalue weighted by molar-refractivity contribution is -0.161. The van der Waals surface area contributed by atoms with Crippen molar-refractivity contribution in [2.45, 2.75) is 349 Å². The van der Waals surface area contributed by atoms with Crippen molar-refractivity contribution >= 4 is 39.5 Å². The Morgan fingerprint density at radius 2 is 0.541 bits per heavy atom. The van der Waals surface area contributed by atoms with Gasteiger partial charge in [0.15, 0.2) is 12.2 Å². The molecule has 0 aliphatic carbocycles. The molecule has 0 heterocycles. The van der Waals surface area contributed by atoms with Crippen molar-refractivity contribution in [1.82, 2.24) is 0 Å². The Labute approximate surface area is 517 Å². The third-order valence-corrected chi connectivity index (χ3v) is 17.1. The highest BCUT2D eigenvalue weighted by Crippen LogP contribution is 2.45. The first-order valence-corrected chi connectivity index (χ1v) is 37.5. The van der Waals surface area contributed by atoms with Crippen LogP contribution in [0.5, 0.6) is 0 Å². The lowest BCUT2D eigenvalue weighted by atomic mass is 10.0. The van der Waals surface area contributed by atoms with E-state index in [1.807, 2.05) is 0 Å². The van der Waals surface area contributed by atoms with Crippen LogP contribution < -0.4 is 0 Å². The highest BCUT2D eigenvalue weighted by Gasteiger charge is 2.30. The number of rotatable bonds is 65. The molecule has 0 aromatic carbocycles. The van der Waals surface area contributed by atoms with Crippen molar-refractivity contribution in [1.29, 1.82) is 0 Å². The zero-order valence-electron chi connectivity index (χ0n) is 54.9. The van der Waals surface area contributed by atoms with Crippen LogP contribution in [0, 0.1) is 11.8 Å². The molecule has 2 unspecified atom stereocenters. The standard InChI is InChI=1S/C66H128O17P2/c1-7-9-11-13-15-17-25-31-38-44-50-65(70)82-61(54-76-63(68)48-42-36-30-16-14-12-10-8-2)56-80-84(72,73)78-52-60(67)53-79-85(74,75)81-57-62(55-77-64(69)49-43-37-33-27-29-35-41-47-59(5)6)83-66(71)51-45-39-32-26-23-21-19-18-20-22-24-28-34-40-46-58(3)4/h58-62,67H,7-57H2,1-6H3,(H,72,73)(H,74,75)/t60-,61+,62+/m0/s1. The van der Waals surface area contributed by atoms with E-state index in [-0.39, 0.29) is 25.7 Å². The number of esters is 4. The van der Waals surface area contributed by atoms with Crippen LogP contribution in [0.2, 0.25) is 0 Å². The number of carbonyl (C=O) groups is 4. The van der Waals surface area contributed by atoms with Crippen molar-refractivity contribution in [3.63, 3.8) is 0 Å². The molecule has 0 bridgehead atoms. The van der Waals surface area contributed by atoms with Crippen LogP contribution in [0.4, 0.5) is 0 Å². The number of phosphoric ester groups is 2. The summed E-state index contributed by atoms with van der Waals surface area (Å²) < 4.78 is 68.0. The fraction of sp³-hybridized carbons (Fsp3) is 0.939. The first-order valence-electron chi connectivity index (χ1n) is 34.5. The van der Waals surface area contributed by atoms with Gasteiger partial charge in [0.05, 0.1) is 26.4 Å². The minimum Gasteiger partial charge on any atom is -0.462 e. The Morgan fingerprint density at radius 1 is 0.318 bits per heavy atom. The summed E-state index contributed by atoms with van der Waals surface area (Å²) in [5.41, 5.74) is 0. The number of unbranched alkanes of at least 4 members (excludes halogenated alkanes) is 35. The van der Waals surface area contributed by atoms with Crippen LogP contribution in [0.25, 0.3) is 0 Å². The minimum absolute atomic E-state index is 0.106. The Morgan fingerprint density at radius 3 is 0.800 bits per heavy atom. The topological polar surface area (TPSA) is 237 Å². The van der Waals surface area contributed by atoms with Gasteiger partial charge in [-0.25, -0.2) is 9.13 Å². The second-order valence-electron chi connectivity index (χ2n) is 24.8. The summed E-state index contributed by atoms with van der Waals surface area (Å²) >= 11 is 0. The SMILES string of the molecule is CCCCCCCCCCCCC(=O)O[C@H](COC(=O)CCCCCCCCCC)COP(=O)(O)OC[C@H](O)COP(=O)(O)OC[C@@H](COC(=O)CCCCCCCCCC(C)C)OC(=O)CCCCCCCCCCCCCCCCC(C)C. The lowest BCUT2D eigenvalue weighted by Crippen LogP contribution is -2.30. The van der Waals surface area contributed by atoms with Gasteiger partial charge in [0.2, 0.25) is 0 Å². The maximum atomic E-state index is 13.0. The Kier molecular flexibility index (Phi) is 57.1. The van der Waals surface area contributed by atoms with E-state index in [0.717, 1.165) is 109 Å². The molecule has 0 radical (unpaired) electrons. The monoisotopic (exact) mass is 1250 g/mol. The van der Waals surface area contributed by atoms with E-state index in [2.05, 4.69) is 41.5 Å². The summed E-state index contributed by atoms with van der Waals surface area (Å²) in [6.45, 7) is 9.45. The highest BCUT2D eigenvalue weighted by atomic mass is 31.2. The third-order valence-electron chi connectivity index (χ3n) is 15.2. The molecule has 19 heteroatoms. The molecule has 85 heavy (non-hydrogen) atoms. The quantitative estimate of drug-likeness (QED) is 0.0222. The molecule has 0 fully saturated rings. The van der Waals surface area contributed by atoms with Crippen molar-refractivity contribution in [2.75, 3.05) is 39.6 Å². The van der Waals surface area contributed by atoms with E-state index in [9.17, 15) is 43.2 Å². The molecule has 0 aromatic rings. The Bertz CT molecular complexity index is 1670. The number of ether oxygens (including phenoxy) is 4. The number of aliphatic hydroxyl groups excluding tert-OH is 1. The molecule has 0 amide bonds. The number of hydrogen-bond acceptors (Lipinski definition) is 15. The fourth-order valence-corrected chi connectivity index (χ4v) is 11.5. The van der Waals surface area contributed by atoms with Gasteiger partial charge in [-0.2, -0.15) is 0 Å². The van der Waals surface area contributed by atoms with E-state index in [0.29, 0.717) is 31.6 Å². The molecule has 0 saturated carbocycles. The van der Waals surface area contributed by atoms with Crippen LogP contribution in [0.3, 0.4) is 0 Å². The Hall–Kier alpha value is -1.94. The molecule has 504 valence electrons. The lowest BCUT2D eigenvalue weighted by Gasteiger charge is -2.21. The highest BCUT2D eigenvalue weighted by molar-refractivity contribution is 7.47. The molecular formula is C66H128O17P2. The molecule has 0 aliphatic heterocycles. The molecule has 0 aromatic heterocycles. The average molecular weight is 1260 g/mol. The van der Waals surface area contributed by atoms with Crippen LogP contribution >= 0.6 is 15.6 Å². The van der Waals surface area contributed by atoms with E-state index < -0.39 is 97.5 Å². The van der Waals surface area contributed by atoms with Crippen molar-refractivity contribution < 1.29 is 80.2 Å². The predicted octanol–water partition coefficient (Wildman–Crippen LogP) is 18.4. The van der Waals surface area contributed by atoms with Crippen LogP contribution in [0.15, 0.2) is 0 Å². The zero-order valence-corrected chi connectivity index (χ0v) is 56.7. The van der Waals surface area contributed by atoms with E-state index >= 15 is 0 Å². The first-order chi connectivity index (χ1) is 40.9. The van der Waals surface area contributed by atoms with Gasteiger partial charge in [-0.1, -0.05) is 279 Å². The second-order valence-corrected chi connectivity index (χ2v) is 27.7. The predicted molar refractivity (Wildman–Crippen MR) is 340 cm³/mol. The third kappa shape index (κ3) is 60.7. The van der Waals surface area contributed by atoms with Crippen molar-refractivity contribution in [2.24, 2.45) is 11.8 Å². The zero-order chi connectivity index (χ0) is 62.9. The smallest absolute Gasteiger partial charge is 0.462 e. The van der Waals surface area contributed by atoms with Gasteiger partial charge in [0, 0.05) is 25.7 Å². The summed E-state index contributed by atoms with van der Waals surface area (Å²) in [5, 5.41) is 10.5. The van der Waals surface area contributed by atoms with Crippen LogP contribution in [-0.2, 0) is 65.4 Å².